The lowest BCUT2D eigenvalue weighted by Gasteiger charge is -2.26. The van der Waals surface area contributed by atoms with Gasteiger partial charge in [-0.05, 0) is 99.8 Å². The number of ether oxygens (including phenoxy) is 1. The van der Waals surface area contributed by atoms with Crippen LogP contribution in [-0.4, -0.2) is 36.2 Å². The fourth-order valence-corrected chi connectivity index (χ4v) is 5.51. The zero-order valence-corrected chi connectivity index (χ0v) is 18.9. The van der Waals surface area contributed by atoms with Crippen LogP contribution in [0.3, 0.4) is 0 Å². The third kappa shape index (κ3) is 3.77. The quantitative estimate of drug-likeness (QED) is 0.514. The number of piperidine rings is 1. The standard InChI is InChI=1S/C30H29NO2/c32-23-11-15-26-27-14-10-21-6-2-3-7-25(21)30(27)29(28(26)20-23)22-8-12-24(13-9-22)33-19-18-31-16-4-1-5-17-31/h2-3,6,8-15,20,32H,1,4-5,7,16-19H2. The van der Waals surface area contributed by atoms with Crippen LogP contribution in [0.5, 0.6) is 11.5 Å². The van der Waals surface area contributed by atoms with Crippen molar-refractivity contribution in [3.63, 3.8) is 0 Å². The van der Waals surface area contributed by atoms with Crippen molar-refractivity contribution in [2.45, 2.75) is 25.7 Å². The first kappa shape index (κ1) is 20.3. The van der Waals surface area contributed by atoms with Gasteiger partial charge < -0.3 is 9.84 Å². The molecule has 1 heterocycles. The van der Waals surface area contributed by atoms with Gasteiger partial charge in [0.15, 0.2) is 0 Å². The molecule has 2 aliphatic carbocycles. The van der Waals surface area contributed by atoms with Crippen LogP contribution in [0.1, 0.15) is 36.0 Å². The predicted octanol–water partition coefficient (Wildman–Crippen LogP) is 4.00. The van der Waals surface area contributed by atoms with Crippen molar-refractivity contribution in [1.82, 2.24) is 4.90 Å². The Labute approximate surface area is 194 Å². The summed E-state index contributed by atoms with van der Waals surface area (Å²) in [5.41, 5.74) is 5.03. The lowest BCUT2D eigenvalue weighted by atomic mass is 9.90. The number of allylic oxidation sites excluding steroid dienone is 2. The van der Waals surface area contributed by atoms with E-state index < -0.39 is 0 Å². The maximum atomic E-state index is 10.3. The van der Waals surface area contributed by atoms with Crippen LogP contribution in [0, 0.1) is 10.4 Å². The normalized spacial score (nSPS) is 16.7. The van der Waals surface area contributed by atoms with E-state index in [1.54, 1.807) is 6.07 Å². The number of hydrogen-bond acceptors (Lipinski definition) is 3. The highest BCUT2D eigenvalue weighted by Crippen LogP contribution is 2.30. The summed E-state index contributed by atoms with van der Waals surface area (Å²) in [6.45, 7) is 4.12. The molecule has 3 nitrogen and oxygen atoms in total. The third-order valence-corrected chi connectivity index (χ3v) is 7.16. The Balaban J connectivity index is 1.35. The molecule has 166 valence electrons. The fraction of sp³-hybridized carbons (Fsp3) is 0.267. The van der Waals surface area contributed by atoms with Gasteiger partial charge in [0.25, 0.3) is 0 Å². The van der Waals surface area contributed by atoms with E-state index in [1.165, 1.54) is 64.7 Å². The van der Waals surface area contributed by atoms with Crippen molar-refractivity contribution in [2.24, 2.45) is 0 Å². The molecule has 3 aliphatic rings. The molecule has 6 rings (SSSR count). The summed E-state index contributed by atoms with van der Waals surface area (Å²) < 4.78 is 6.07. The van der Waals surface area contributed by atoms with Gasteiger partial charge in [0, 0.05) is 6.54 Å². The Morgan fingerprint density at radius 2 is 1.67 bits per heavy atom. The van der Waals surface area contributed by atoms with E-state index in [2.05, 4.69) is 59.5 Å². The molecule has 1 aliphatic heterocycles. The first-order chi connectivity index (χ1) is 16.3. The molecular weight excluding hydrogens is 406 g/mol. The van der Waals surface area contributed by atoms with Gasteiger partial charge in [-0.3, -0.25) is 4.90 Å². The van der Waals surface area contributed by atoms with E-state index >= 15 is 0 Å². The zero-order chi connectivity index (χ0) is 22.2. The maximum absolute atomic E-state index is 10.3. The summed E-state index contributed by atoms with van der Waals surface area (Å²) in [6.07, 6.45) is 11.5. The minimum Gasteiger partial charge on any atom is -0.508 e. The predicted molar refractivity (Wildman–Crippen MR) is 133 cm³/mol. The third-order valence-electron chi connectivity index (χ3n) is 7.16. The van der Waals surface area contributed by atoms with Crippen LogP contribution < -0.4 is 15.2 Å². The van der Waals surface area contributed by atoms with Gasteiger partial charge in [-0.25, -0.2) is 0 Å². The topological polar surface area (TPSA) is 32.7 Å². The number of hydrogen-bond donors (Lipinski definition) is 1. The molecule has 0 unspecified atom stereocenters. The van der Waals surface area contributed by atoms with E-state index in [-0.39, 0.29) is 0 Å². The van der Waals surface area contributed by atoms with Crippen molar-refractivity contribution < 1.29 is 9.84 Å². The van der Waals surface area contributed by atoms with Gasteiger partial charge in [0.1, 0.15) is 18.1 Å². The van der Waals surface area contributed by atoms with E-state index in [4.69, 9.17) is 4.74 Å². The SMILES string of the molecule is Oc1ccc2c(c1)=C(c1ccc(OCCN3CCCCC3)cc1)c1c3c(ccc1=2)=CC=CC3. The van der Waals surface area contributed by atoms with Gasteiger partial charge in [-0.1, -0.05) is 55.0 Å². The van der Waals surface area contributed by atoms with Crippen LogP contribution in [0.4, 0.5) is 0 Å². The van der Waals surface area contributed by atoms with Crippen molar-refractivity contribution in [2.75, 3.05) is 26.2 Å². The summed E-state index contributed by atoms with van der Waals surface area (Å²) in [7, 11) is 0. The minimum atomic E-state index is 0.303. The second kappa shape index (κ2) is 8.57. The van der Waals surface area contributed by atoms with Gasteiger partial charge in [0.2, 0.25) is 0 Å². The van der Waals surface area contributed by atoms with Gasteiger partial charge in [0.05, 0.1) is 0 Å². The van der Waals surface area contributed by atoms with Gasteiger partial charge in [-0.15, -0.1) is 0 Å². The summed E-state index contributed by atoms with van der Waals surface area (Å²) in [5.74, 6) is 1.22. The molecule has 33 heavy (non-hydrogen) atoms. The molecule has 1 saturated heterocycles. The van der Waals surface area contributed by atoms with Crippen molar-refractivity contribution >= 4 is 11.6 Å². The fourth-order valence-electron chi connectivity index (χ4n) is 5.51. The molecule has 0 saturated carbocycles. The highest BCUT2D eigenvalue weighted by molar-refractivity contribution is 5.84. The van der Waals surface area contributed by atoms with Crippen molar-refractivity contribution in [3.8, 4) is 11.5 Å². The molecular formula is C30H29NO2. The smallest absolute Gasteiger partial charge is 0.119 e. The molecule has 3 aromatic rings. The average molecular weight is 436 g/mol. The van der Waals surface area contributed by atoms with Crippen LogP contribution >= 0.6 is 0 Å². The Kier molecular flexibility index (Phi) is 5.27. The number of phenolic OH excluding ortho intramolecular Hbond substituents is 1. The monoisotopic (exact) mass is 435 g/mol. The summed E-state index contributed by atoms with van der Waals surface area (Å²) in [5, 5.41) is 15.1. The Hall–Kier alpha value is -3.30. The summed E-state index contributed by atoms with van der Waals surface area (Å²) in [6, 6.07) is 18.7. The summed E-state index contributed by atoms with van der Waals surface area (Å²) >= 11 is 0. The van der Waals surface area contributed by atoms with E-state index in [0.717, 1.165) is 36.1 Å². The highest BCUT2D eigenvalue weighted by Gasteiger charge is 2.20. The van der Waals surface area contributed by atoms with Crippen LogP contribution in [0.25, 0.3) is 11.6 Å². The first-order valence-electron chi connectivity index (χ1n) is 12.1. The van der Waals surface area contributed by atoms with E-state index in [1.807, 2.05) is 12.1 Å². The van der Waals surface area contributed by atoms with Crippen LogP contribution in [0.2, 0.25) is 0 Å². The van der Waals surface area contributed by atoms with E-state index in [9.17, 15) is 5.11 Å². The second-order valence-electron chi connectivity index (χ2n) is 9.23. The van der Waals surface area contributed by atoms with Gasteiger partial charge >= 0.3 is 0 Å². The van der Waals surface area contributed by atoms with Crippen LogP contribution in [0.15, 0.2) is 66.7 Å². The Morgan fingerprint density at radius 3 is 2.52 bits per heavy atom. The largest absolute Gasteiger partial charge is 0.508 e. The maximum Gasteiger partial charge on any atom is 0.119 e. The minimum absolute atomic E-state index is 0.303. The van der Waals surface area contributed by atoms with E-state index in [0.29, 0.717) is 5.75 Å². The lowest BCUT2D eigenvalue weighted by molar-refractivity contribution is 0.183. The molecule has 3 heteroatoms. The zero-order valence-electron chi connectivity index (χ0n) is 18.9. The molecule has 0 amide bonds. The van der Waals surface area contributed by atoms with Crippen molar-refractivity contribution in [1.29, 1.82) is 0 Å². The Bertz CT molecular complexity index is 1440. The average Bonchev–Trinajstić information content (AvgIpc) is 3.19. The molecule has 0 spiro atoms. The van der Waals surface area contributed by atoms with Crippen LogP contribution in [-0.2, 0) is 6.42 Å². The van der Waals surface area contributed by atoms with Gasteiger partial charge in [-0.2, -0.15) is 0 Å². The number of nitrogens with zero attached hydrogens (tertiary/aromatic N) is 1. The number of fused-ring (bicyclic) bond motifs is 4. The number of phenols is 1. The Morgan fingerprint density at radius 1 is 0.848 bits per heavy atom. The summed E-state index contributed by atoms with van der Waals surface area (Å²) in [4.78, 5) is 2.50. The molecule has 0 aromatic heterocycles. The molecule has 1 fully saturated rings. The molecule has 0 atom stereocenters. The lowest BCUT2D eigenvalue weighted by Crippen LogP contribution is -2.33. The molecule has 3 aromatic carbocycles. The molecule has 0 radical (unpaired) electrons. The number of rotatable bonds is 5. The first-order valence-corrected chi connectivity index (χ1v) is 12.1. The molecule has 1 N–H and O–H groups in total. The highest BCUT2D eigenvalue weighted by atomic mass is 16.5. The number of aromatic hydroxyl groups is 1. The number of benzene rings is 3. The number of likely N-dealkylation sites (tertiary alicyclic amines) is 1. The van der Waals surface area contributed by atoms with Crippen molar-refractivity contribution in [3.05, 3.63) is 104 Å². The molecule has 0 bridgehead atoms. The second-order valence-corrected chi connectivity index (χ2v) is 9.23.